The molecule has 0 aliphatic carbocycles. The molecule has 1 rings (SSSR count). The van der Waals surface area contributed by atoms with Crippen molar-refractivity contribution in [3.63, 3.8) is 0 Å². The minimum Gasteiger partial charge on any atom is -0.496 e. The lowest BCUT2D eigenvalue weighted by Crippen LogP contribution is -2.18. The predicted molar refractivity (Wildman–Crippen MR) is 66.6 cm³/mol. The Labute approximate surface area is 102 Å². The average molecular weight is 242 g/mol. The standard InChI is InChI=1S/C13H20FNO2/c1-9(15)6-11-8-12(16-2)10(4-5-14)7-13(11)17-3/h7-9H,4-6,15H2,1-3H3/i8+1. The Kier molecular flexibility index (Phi) is 5.22. The number of methoxy groups -OCH3 is 2. The van der Waals surface area contributed by atoms with Gasteiger partial charge in [0, 0.05) is 18.0 Å². The van der Waals surface area contributed by atoms with E-state index in [1.807, 2.05) is 19.1 Å². The summed E-state index contributed by atoms with van der Waals surface area (Å²) in [5, 5.41) is 0. The topological polar surface area (TPSA) is 44.5 Å². The number of alkyl halides is 1. The van der Waals surface area contributed by atoms with Crippen LogP contribution >= 0.6 is 0 Å². The van der Waals surface area contributed by atoms with Crippen molar-refractivity contribution in [2.45, 2.75) is 25.8 Å². The predicted octanol–water partition coefficient (Wildman–Crippen LogP) is 2.11. The zero-order chi connectivity index (χ0) is 12.8. The highest BCUT2D eigenvalue weighted by Gasteiger charge is 2.12. The maximum atomic E-state index is 12.4. The molecule has 0 saturated heterocycles. The monoisotopic (exact) mass is 242 g/mol. The molecule has 0 amide bonds. The van der Waals surface area contributed by atoms with Gasteiger partial charge >= 0.3 is 0 Å². The minimum absolute atomic E-state index is 0.0423. The van der Waals surface area contributed by atoms with Gasteiger partial charge in [-0.2, -0.15) is 0 Å². The normalized spacial score (nSPS) is 12.3. The van der Waals surface area contributed by atoms with Gasteiger partial charge in [-0.25, -0.2) is 0 Å². The van der Waals surface area contributed by atoms with Gasteiger partial charge in [0.2, 0.25) is 0 Å². The van der Waals surface area contributed by atoms with Crippen molar-refractivity contribution >= 4 is 0 Å². The van der Waals surface area contributed by atoms with Crippen molar-refractivity contribution in [1.29, 1.82) is 0 Å². The van der Waals surface area contributed by atoms with Crippen molar-refractivity contribution in [1.82, 2.24) is 0 Å². The summed E-state index contributed by atoms with van der Waals surface area (Å²) in [6.45, 7) is 1.52. The maximum absolute atomic E-state index is 12.4. The lowest BCUT2D eigenvalue weighted by Gasteiger charge is -2.15. The number of hydrogen-bond donors (Lipinski definition) is 1. The Balaban J connectivity index is 3.12. The van der Waals surface area contributed by atoms with E-state index in [1.165, 1.54) is 0 Å². The Morgan fingerprint density at radius 3 is 2.18 bits per heavy atom. The maximum Gasteiger partial charge on any atom is 0.122 e. The molecule has 0 heterocycles. The van der Waals surface area contributed by atoms with E-state index >= 15 is 0 Å². The first-order chi connectivity index (χ1) is 8.12. The van der Waals surface area contributed by atoms with Gasteiger partial charge in [0.1, 0.15) is 11.5 Å². The number of benzene rings is 1. The second-order valence-electron chi connectivity index (χ2n) is 4.10. The Morgan fingerprint density at radius 2 is 1.71 bits per heavy atom. The summed E-state index contributed by atoms with van der Waals surface area (Å²) in [6, 6.07) is 3.75. The van der Waals surface area contributed by atoms with E-state index in [2.05, 4.69) is 0 Å². The number of halogens is 1. The molecule has 0 radical (unpaired) electrons. The molecule has 0 bridgehead atoms. The van der Waals surface area contributed by atoms with Crippen molar-refractivity contribution in [2.24, 2.45) is 5.73 Å². The number of ether oxygens (including phenoxy) is 2. The van der Waals surface area contributed by atoms with Crippen molar-refractivity contribution < 1.29 is 13.9 Å². The highest BCUT2D eigenvalue weighted by molar-refractivity contribution is 5.47. The zero-order valence-corrected chi connectivity index (χ0v) is 10.6. The molecule has 1 unspecified atom stereocenters. The van der Waals surface area contributed by atoms with Crippen LogP contribution in [0.4, 0.5) is 4.39 Å². The van der Waals surface area contributed by atoms with Gasteiger partial charge in [-0.05, 0) is 31.0 Å². The largest absolute Gasteiger partial charge is 0.496 e. The molecular formula is C13H20FNO2. The fourth-order valence-corrected chi connectivity index (χ4v) is 1.83. The molecule has 1 atom stereocenters. The van der Waals surface area contributed by atoms with Crippen LogP contribution in [0.25, 0.3) is 0 Å². The molecule has 0 aromatic heterocycles. The van der Waals surface area contributed by atoms with Crippen LogP contribution in [0.3, 0.4) is 0 Å². The molecule has 4 heteroatoms. The summed E-state index contributed by atoms with van der Waals surface area (Å²) >= 11 is 0. The Morgan fingerprint density at radius 1 is 1.18 bits per heavy atom. The molecule has 1 aromatic carbocycles. The summed E-state index contributed by atoms with van der Waals surface area (Å²) in [7, 11) is 3.19. The van der Waals surface area contributed by atoms with Gasteiger partial charge in [-0.15, -0.1) is 0 Å². The highest BCUT2D eigenvalue weighted by Crippen LogP contribution is 2.30. The molecule has 0 saturated carbocycles. The third kappa shape index (κ3) is 3.60. The minimum atomic E-state index is -0.411. The first-order valence-corrected chi connectivity index (χ1v) is 5.67. The third-order valence-corrected chi connectivity index (χ3v) is 2.59. The van der Waals surface area contributed by atoms with E-state index in [0.717, 1.165) is 16.9 Å². The summed E-state index contributed by atoms with van der Waals surface area (Å²) in [6.07, 6.45) is 1.04. The van der Waals surface area contributed by atoms with Crippen LogP contribution in [-0.4, -0.2) is 26.9 Å². The summed E-state index contributed by atoms with van der Waals surface area (Å²) in [4.78, 5) is 0. The molecule has 96 valence electrons. The molecule has 0 aliphatic rings. The van der Waals surface area contributed by atoms with Gasteiger partial charge in [-0.3, -0.25) is 4.39 Å². The molecule has 1 aromatic rings. The van der Waals surface area contributed by atoms with Gasteiger partial charge < -0.3 is 15.2 Å². The van der Waals surface area contributed by atoms with Gasteiger partial charge in [0.15, 0.2) is 0 Å². The quantitative estimate of drug-likeness (QED) is 0.831. The first kappa shape index (κ1) is 13.8. The van der Waals surface area contributed by atoms with Crippen molar-refractivity contribution in [3.8, 4) is 11.5 Å². The Hall–Kier alpha value is -1.29. The molecule has 0 fully saturated rings. The molecule has 2 N–H and O–H groups in total. The fraction of sp³-hybridized carbons (Fsp3) is 0.538. The van der Waals surface area contributed by atoms with Gasteiger partial charge in [-0.1, -0.05) is 0 Å². The van der Waals surface area contributed by atoms with Crippen LogP contribution < -0.4 is 15.2 Å². The molecule has 0 aliphatic heterocycles. The highest BCUT2D eigenvalue weighted by atomic mass is 19.1. The first-order valence-electron chi connectivity index (χ1n) is 5.67. The fourth-order valence-electron chi connectivity index (χ4n) is 1.83. The lowest BCUT2D eigenvalue weighted by atomic mass is 10.1. The van der Waals surface area contributed by atoms with E-state index in [4.69, 9.17) is 15.2 Å². The number of hydrogen-bond acceptors (Lipinski definition) is 3. The van der Waals surface area contributed by atoms with E-state index < -0.39 is 6.67 Å². The van der Waals surface area contributed by atoms with Crippen LogP contribution in [-0.2, 0) is 12.8 Å². The van der Waals surface area contributed by atoms with Crippen LogP contribution in [0.15, 0.2) is 12.1 Å². The smallest absolute Gasteiger partial charge is 0.122 e. The zero-order valence-electron chi connectivity index (χ0n) is 10.6. The van der Waals surface area contributed by atoms with E-state index in [-0.39, 0.29) is 6.04 Å². The second-order valence-corrected chi connectivity index (χ2v) is 4.10. The van der Waals surface area contributed by atoms with E-state index in [9.17, 15) is 4.39 Å². The number of aryl methyl sites for hydroxylation is 1. The summed E-state index contributed by atoms with van der Waals surface area (Å²) in [5.41, 5.74) is 7.59. The third-order valence-electron chi connectivity index (χ3n) is 2.59. The van der Waals surface area contributed by atoms with Crippen LogP contribution in [0.5, 0.6) is 11.5 Å². The lowest BCUT2D eigenvalue weighted by molar-refractivity contribution is 0.390. The molecule has 17 heavy (non-hydrogen) atoms. The van der Waals surface area contributed by atoms with Gasteiger partial charge in [0.25, 0.3) is 0 Å². The van der Waals surface area contributed by atoms with Crippen molar-refractivity contribution in [3.05, 3.63) is 23.3 Å². The molecule has 3 nitrogen and oxygen atoms in total. The van der Waals surface area contributed by atoms with Crippen LogP contribution in [0.2, 0.25) is 0 Å². The second kappa shape index (κ2) is 6.45. The summed E-state index contributed by atoms with van der Waals surface area (Å²) < 4.78 is 23.0. The number of nitrogens with two attached hydrogens (primary N) is 1. The number of rotatable bonds is 6. The summed E-state index contributed by atoms with van der Waals surface area (Å²) in [5.74, 6) is 1.44. The SMILES string of the molecule is COc1cc(CCF)c(OC)[13cH]c1CC(C)N. The molecular weight excluding hydrogens is 222 g/mol. The molecule has 0 spiro atoms. The van der Waals surface area contributed by atoms with Gasteiger partial charge in [0.05, 0.1) is 20.9 Å². The van der Waals surface area contributed by atoms with Crippen LogP contribution in [0, 0.1) is 0 Å². The Bertz CT molecular complexity index is 367. The van der Waals surface area contributed by atoms with E-state index in [0.29, 0.717) is 18.6 Å². The van der Waals surface area contributed by atoms with Crippen molar-refractivity contribution in [2.75, 3.05) is 20.9 Å². The van der Waals surface area contributed by atoms with Crippen LogP contribution in [0.1, 0.15) is 18.1 Å². The van der Waals surface area contributed by atoms with E-state index in [1.54, 1.807) is 14.2 Å². The average Bonchev–Trinajstić information content (AvgIpc) is 2.30.